The number of hydrogen-bond donors (Lipinski definition) is 0. The van der Waals surface area contributed by atoms with E-state index in [4.69, 9.17) is 23.2 Å². The number of halogens is 3. The highest BCUT2D eigenvalue weighted by Crippen LogP contribution is 2.07. The van der Waals surface area contributed by atoms with Crippen LogP contribution in [0.2, 0.25) is 0 Å². The Morgan fingerprint density at radius 2 is 1.88 bits per heavy atom. The Balaban J connectivity index is 0.00000225. The van der Waals surface area contributed by atoms with Gasteiger partial charge in [0.1, 0.15) is 0 Å². The average Bonchev–Trinajstić information content (AvgIpc) is 2.18. The highest BCUT2D eigenvalue weighted by Gasteiger charge is 2.08. The fraction of sp³-hybridized carbons (Fsp3) is 0.500. The zero-order valence-corrected chi connectivity index (χ0v) is 11.7. The van der Waals surface area contributed by atoms with Crippen LogP contribution in [0.1, 0.15) is 12.5 Å². The molecule has 0 saturated heterocycles. The van der Waals surface area contributed by atoms with Crippen LogP contribution >= 0.6 is 35.6 Å². The van der Waals surface area contributed by atoms with Crippen molar-refractivity contribution in [3.63, 3.8) is 0 Å². The number of hydrogen-bond acceptors (Lipinski definition) is 1. The molecule has 4 heteroatoms. The molecule has 0 radical (unpaired) electrons. The third kappa shape index (κ3) is 6.59. The fourth-order valence-corrected chi connectivity index (χ4v) is 1.99. The van der Waals surface area contributed by atoms with Crippen LogP contribution in [-0.4, -0.2) is 29.2 Å². The molecule has 0 N–H and O–H groups in total. The largest absolute Gasteiger partial charge is 0.296 e. The smallest absolute Gasteiger partial charge is 0.0435 e. The van der Waals surface area contributed by atoms with Gasteiger partial charge in [-0.2, -0.15) is 0 Å². The molecule has 0 bridgehead atoms. The Labute approximate surface area is 114 Å². The second-order valence-electron chi connectivity index (χ2n) is 3.69. The molecule has 1 unspecified atom stereocenters. The van der Waals surface area contributed by atoms with E-state index >= 15 is 0 Å². The molecule has 0 aliphatic rings. The molecule has 0 amide bonds. The van der Waals surface area contributed by atoms with Crippen molar-refractivity contribution in [1.82, 2.24) is 4.90 Å². The van der Waals surface area contributed by atoms with Gasteiger partial charge in [-0.1, -0.05) is 30.3 Å². The summed E-state index contributed by atoms with van der Waals surface area (Å²) in [6.45, 7) is 4.69. The Kier molecular flexibility index (Phi) is 9.15. The number of benzene rings is 1. The standard InChI is InChI=1S/C12H17Cl2N.ClH/c1-11(14)9-15(8-7-13)10-12-5-3-2-4-6-12;/h2-6,11H,7-10H2,1H3;1H. The predicted molar refractivity (Wildman–Crippen MR) is 75.0 cm³/mol. The molecule has 92 valence electrons. The third-order valence-corrected chi connectivity index (χ3v) is 2.47. The minimum absolute atomic E-state index is 0. The van der Waals surface area contributed by atoms with Crippen molar-refractivity contribution < 1.29 is 0 Å². The lowest BCUT2D eigenvalue weighted by Crippen LogP contribution is -2.30. The molecular weight excluding hydrogens is 264 g/mol. The summed E-state index contributed by atoms with van der Waals surface area (Å²) in [4.78, 5) is 2.28. The molecule has 0 saturated carbocycles. The van der Waals surface area contributed by atoms with Crippen molar-refractivity contribution in [3.8, 4) is 0 Å². The monoisotopic (exact) mass is 281 g/mol. The molecule has 1 nitrogen and oxygen atoms in total. The van der Waals surface area contributed by atoms with E-state index in [1.807, 2.05) is 13.0 Å². The molecule has 1 aromatic carbocycles. The lowest BCUT2D eigenvalue weighted by molar-refractivity contribution is 0.284. The van der Waals surface area contributed by atoms with Gasteiger partial charge in [-0.25, -0.2) is 0 Å². The molecule has 0 heterocycles. The summed E-state index contributed by atoms with van der Waals surface area (Å²) in [5.74, 6) is 0.649. The van der Waals surface area contributed by atoms with Gasteiger partial charge in [-0.3, -0.25) is 4.90 Å². The lowest BCUT2D eigenvalue weighted by Gasteiger charge is -2.22. The van der Waals surface area contributed by atoms with E-state index in [2.05, 4.69) is 29.2 Å². The molecule has 16 heavy (non-hydrogen) atoms. The SMILES string of the molecule is CC(Cl)CN(CCCl)Cc1ccccc1.Cl. The first-order valence-electron chi connectivity index (χ1n) is 5.18. The topological polar surface area (TPSA) is 3.24 Å². The molecule has 0 aliphatic carbocycles. The number of nitrogens with zero attached hydrogens (tertiary/aromatic N) is 1. The van der Waals surface area contributed by atoms with Crippen molar-refractivity contribution in [2.24, 2.45) is 0 Å². The highest BCUT2D eigenvalue weighted by molar-refractivity contribution is 6.20. The van der Waals surface area contributed by atoms with Gasteiger partial charge in [0.15, 0.2) is 0 Å². The maximum Gasteiger partial charge on any atom is 0.0435 e. The van der Waals surface area contributed by atoms with Crippen molar-refractivity contribution >= 4 is 35.6 Å². The van der Waals surface area contributed by atoms with Gasteiger partial charge in [0.25, 0.3) is 0 Å². The van der Waals surface area contributed by atoms with Crippen LogP contribution in [-0.2, 0) is 6.54 Å². The maximum absolute atomic E-state index is 5.99. The first kappa shape index (κ1) is 16.1. The summed E-state index contributed by atoms with van der Waals surface area (Å²) < 4.78 is 0. The van der Waals surface area contributed by atoms with Gasteiger partial charge >= 0.3 is 0 Å². The summed E-state index contributed by atoms with van der Waals surface area (Å²) in [7, 11) is 0. The zero-order chi connectivity index (χ0) is 11.1. The molecule has 0 aromatic heterocycles. The molecule has 1 rings (SSSR count). The maximum atomic E-state index is 5.99. The van der Waals surface area contributed by atoms with E-state index in [1.54, 1.807) is 0 Å². The molecule has 0 spiro atoms. The Bertz CT molecular complexity index is 264. The van der Waals surface area contributed by atoms with Gasteiger partial charge in [-0.15, -0.1) is 35.6 Å². The Morgan fingerprint density at radius 3 is 2.38 bits per heavy atom. The Hall–Kier alpha value is 0.0500. The third-order valence-electron chi connectivity index (χ3n) is 2.16. The van der Waals surface area contributed by atoms with E-state index < -0.39 is 0 Å². The van der Waals surface area contributed by atoms with Crippen LogP contribution < -0.4 is 0 Å². The summed E-state index contributed by atoms with van der Waals surface area (Å²) in [5, 5.41) is 0.164. The average molecular weight is 283 g/mol. The first-order chi connectivity index (χ1) is 7.22. The van der Waals surface area contributed by atoms with Gasteiger partial charge in [-0.05, 0) is 12.5 Å². The molecular formula is C12H18Cl3N. The molecule has 1 aromatic rings. The highest BCUT2D eigenvalue weighted by atomic mass is 35.5. The van der Waals surface area contributed by atoms with Crippen LogP contribution in [0.4, 0.5) is 0 Å². The summed E-state index contributed by atoms with van der Waals surface area (Å²) >= 11 is 11.8. The normalized spacial score (nSPS) is 12.2. The minimum Gasteiger partial charge on any atom is -0.296 e. The van der Waals surface area contributed by atoms with E-state index in [1.165, 1.54) is 5.56 Å². The van der Waals surface area contributed by atoms with Gasteiger partial charge < -0.3 is 0 Å². The fourth-order valence-electron chi connectivity index (χ4n) is 1.55. The van der Waals surface area contributed by atoms with Gasteiger partial charge in [0.05, 0.1) is 0 Å². The molecule has 1 atom stereocenters. The minimum atomic E-state index is 0. The van der Waals surface area contributed by atoms with Crippen LogP contribution in [0, 0.1) is 0 Å². The summed E-state index contributed by atoms with van der Waals surface area (Å²) in [6, 6.07) is 10.4. The number of rotatable bonds is 6. The quantitative estimate of drug-likeness (QED) is 0.718. The van der Waals surface area contributed by atoms with E-state index in [-0.39, 0.29) is 17.8 Å². The second-order valence-corrected chi connectivity index (χ2v) is 4.81. The van der Waals surface area contributed by atoms with Crippen molar-refractivity contribution in [1.29, 1.82) is 0 Å². The van der Waals surface area contributed by atoms with E-state index in [0.29, 0.717) is 5.88 Å². The molecule has 0 fully saturated rings. The van der Waals surface area contributed by atoms with Gasteiger partial charge in [0.2, 0.25) is 0 Å². The van der Waals surface area contributed by atoms with E-state index in [0.717, 1.165) is 19.6 Å². The van der Waals surface area contributed by atoms with Crippen molar-refractivity contribution in [2.45, 2.75) is 18.8 Å². The summed E-state index contributed by atoms with van der Waals surface area (Å²) in [6.07, 6.45) is 0. The second kappa shape index (κ2) is 9.12. The summed E-state index contributed by atoms with van der Waals surface area (Å²) in [5.41, 5.74) is 1.31. The zero-order valence-electron chi connectivity index (χ0n) is 9.40. The van der Waals surface area contributed by atoms with Crippen LogP contribution in [0.15, 0.2) is 30.3 Å². The molecule has 0 aliphatic heterocycles. The Morgan fingerprint density at radius 1 is 1.25 bits per heavy atom. The lowest BCUT2D eigenvalue weighted by atomic mass is 10.2. The van der Waals surface area contributed by atoms with Crippen LogP contribution in [0.5, 0.6) is 0 Å². The van der Waals surface area contributed by atoms with Gasteiger partial charge in [0, 0.05) is 30.9 Å². The van der Waals surface area contributed by atoms with Crippen molar-refractivity contribution in [2.75, 3.05) is 19.0 Å². The van der Waals surface area contributed by atoms with Crippen LogP contribution in [0.3, 0.4) is 0 Å². The number of alkyl halides is 2. The van der Waals surface area contributed by atoms with E-state index in [9.17, 15) is 0 Å². The first-order valence-corrected chi connectivity index (χ1v) is 6.15. The van der Waals surface area contributed by atoms with Crippen molar-refractivity contribution in [3.05, 3.63) is 35.9 Å². The predicted octanol–water partition coefficient (Wildman–Crippen LogP) is 3.78. The van der Waals surface area contributed by atoms with Crippen LogP contribution in [0.25, 0.3) is 0 Å².